The van der Waals surface area contributed by atoms with E-state index in [9.17, 15) is 19.7 Å². The van der Waals surface area contributed by atoms with Crippen LogP contribution in [0.3, 0.4) is 0 Å². The largest absolute Gasteiger partial charge is 0.497 e. The van der Waals surface area contributed by atoms with Gasteiger partial charge in [0.15, 0.2) is 5.76 Å². The molecule has 0 amide bonds. The van der Waals surface area contributed by atoms with E-state index in [0.717, 1.165) is 0 Å². The second-order valence-corrected chi connectivity index (χ2v) is 7.03. The van der Waals surface area contributed by atoms with Gasteiger partial charge in [-0.05, 0) is 48.4 Å². The van der Waals surface area contributed by atoms with Gasteiger partial charge in [-0.1, -0.05) is 18.2 Å². The number of ether oxygens (including phenoxy) is 3. The SMILES string of the molecule is COc1cccc(C(=O)Oc2cc(C)c3c(c2)O/C(=C\c2cccc([N+](=O)[O-])c2)C3=O)c1. The summed E-state index contributed by atoms with van der Waals surface area (Å²) in [6.07, 6.45) is 1.44. The van der Waals surface area contributed by atoms with Crippen LogP contribution in [0.25, 0.3) is 6.08 Å². The summed E-state index contributed by atoms with van der Waals surface area (Å²) >= 11 is 0. The van der Waals surface area contributed by atoms with Crippen LogP contribution < -0.4 is 14.2 Å². The summed E-state index contributed by atoms with van der Waals surface area (Å²) in [6.45, 7) is 1.71. The van der Waals surface area contributed by atoms with Crippen LogP contribution in [-0.4, -0.2) is 23.8 Å². The first kappa shape index (κ1) is 20.8. The van der Waals surface area contributed by atoms with Gasteiger partial charge in [0.2, 0.25) is 5.78 Å². The Labute approximate surface area is 182 Å². The summed E-state index contributed by atoms with van der Waals surface area (Å²) in [4.78, 5) is 35.8. The van der Waals surface area contributed by atoms with Gasteiger partial charge in [-0.2, -0.15) is 0 Å². The number of carbonyl (C=O) groups excluding carboxylic acids is 2. The first-order valence-corrected chi connectivity index (χ1v) is 9.55. The van der Waals surface area contributed by atoms with E-state index in [2.05, 4.69) is 0 Å². The number of allylic oxidation sites excluding steroid dienone is 1. The molecule has 3 aromatic carbocycles. The first-order valence-electron chi connectivity index (χ1n) is 9.55. The molecule has 4 rings (SSSR count). The van der Waals surface area contributed by atoms with Crippen LogP contribution in [0.15, 0.2) is 66.4 Å². The molecular weight excluding hydrogens is 414 g/mol. The number of esters is 1. The Bertz CT molecular complexity index is 1290. The monoisotopic (exact) mass is 431 g/mol. The number of aryl methyl sites for hydroxylation is 1. The molecule has 0 fully saturated rings. The molecule has 8 nitrogen and oxygen atoms in total. The Kier molecular flexibility index (Phi) is 5.43. The van der Waals surface area contributed by atoms with Crippen molar-refractivity contribution in [3.63, 3.8) is 0 Å². The van der Waals surface area contributed by atoms with Gasteiger partial charge in [0.25, 0.3) is 5.69 Å². The average molecular weight is 431 g/mol. The Morgan fingerprint density at radius 2 is 1.84 bits per heavy atom. The molecule has 1 heterocycles. The molecule has 0 spiro atoms. The van der Waals surface area contributed by atoms with E-state index in [1.54, 1.807) is 43.3 Å². The summed E-state index contributed by atoms with van der Waals surface area (Å²) < 4.78 is 16.3. The van der Waals surface area contributed by atoms with Gasteiger partial charge < -0.3 is 14.2 Å². The van der Waals surface area contributed by atoms with Crippen LogP contribution >= 0.6 is 0 Å². The van der Waals surface area contributed by atoms with E-state index in [4.69, 9.17) is 14.2 Å². The number of Topliss-reactive ketones (excluding diaryl/α,β-unsaturated/α-hetero) is 1. The summed E-state index contributed by atoms with van der Waals surface area (Å²) in [5, 5.41) is 11.0. The van der Waals surface area contributed by atoms with E-state index in [0.29, 0.717) is 28.0 Å². The smallest absolute Gasteiger partial charge is 0.343 e. The zero-order chi connectivity index (χ0) is 22.8. The van der Waals surface area contributed by atoms with Crippen molar-refractivity contribution in [3.05, 3.63) is 98.8 Å². The number of ketones is 1. The minimum atomic E-state index is -0.583. The average Bonchev–Trinajstić information content (AvgIpc) is 3.09. The number of hydrogen-bond donors (Lipinski definition) is 0. The quantitative estimate of drug-likeness (QED) is 0.189. The van der Waals surface area contributed by atoms with E-state index < -0.39 is 10.9 Å². The lowest BCUT2D eigenvalue weighted by Crippen LogP contribution is -2.09. The number of nitro benzene ring substituents is 1. The van der Waals surface area contributed by atoms with Crippen molar-refractivity contribution in [3.8, 4) is 17.2 Å². The van der Waals surface area contributed by atoms with E-state index in [1.165, 1.54) is 37.5 Å². The van der Waals surface area contributed by atoms with Crippen molar-refractivity contribution in [2.75, 3.05) is 7.11 Å². The van der Waals surface area contributed by atoms with Gasteiger partial charge in [-0.15, -0.1) is 0 Å². The standard InChI is InChI=1S/C24H17NO7/c1-14-9-19(31-24(27)16-6-4-8-18(12-16)30-2)13-20-22(14)23(26)21(32-20)11-15-5-3-7-17(10-15)25(28)29/h3-13H,1-2H3/b21-11-. The molecule has 1 aliphatic rings. The first-order chi connectivity index (χ1) is 15.4. The van der Waals surface area contributed by atoms with Crippen molar-refractivity contribution < 1.29 is 28.7 Å². The number of fused-ring (bicyclic) bond motifs is 1. The molecule has 0 unspecified atom stereocenters. The summed E-state index contributed by atoms with van der Waals surface area (Å²) in [5.74, 6) is 0.0857. The Morgan fingerprint density at radius 1 is 1.06 bits per heavy atom. The molecule has 160 valence electrons. The van der Waals surface area contributed by atoms with Crippen molar-refractivity contribution in [2.24, 2.45) is 0 Å². The van der Waals surface area contributed by atoms with Gasteiger partial charge >= 0.3 is 5.97 Å². The number of hydrogen-bond acceptors (Lipinski definition) is 7. The van der Waals surface area contributed by atoms with Crippen molar-refractivity contribution in [2.45, 2.75) is 6.92 Å². The van der Waals surface area contributed by atoms with Crippen molar-refractivity contribution in [1.29, 1.82) is 0 Å². The molecule has 32 heavy (non-hydrogen) atoms. The van der Waals surface area contributed by atoms with E-state index in [1.807, 2.05) is 0 Å². The van der Waals surface area contributed by atoms with Crippen molar-refractivity contribution >= 4 is 23.5 Å². The zero-order valence-electron chi connectivity index (χ0n) is 17.2. The number of nitro groups is 1. The van der Waals surface area contributed by atoms with Gasteiger partial charge in [0.05, 0.1) is 23.2 Å². The lowest BCUT2D eigenvalue weighted by atomic mass is 10.0. The molecule has 0 saturated carbocycles. The summed E-state index contributed by atoms with van der Waals surface area (Å²) in [5.41, 5.74) is 1.60. The van der Waals surface area contributed by atoms with Gasteiger partial charge in [-0.3, -0.25) is 14.9 Å². The normalized spacial score (nSPS) is 13.4. The topological polar surface area (TPSA) is 105 Å². The number of rotatable bonds is 5. The fraction of sp³-hybridized carbons (Fsp3) is 0.0833. The van der Waals surface area contributed by atoms with Crippen LogP contribution in [0, 0.1) is 17.0 Å². The van der Waals surface area contributed by atoms with E-state index >= 15 is 0 Å². The van der Waals surface area contributed by atoms with E-state index in [-0.39, 0.29) is 28.7 Å². The zero-order valence-corrected chi connectivity index (χ0v) is 17.2. The summed E-state index contributed by atoms with van der Waals surface area (Å²) in [6, 6.07) is 15.5. The maximum Gasteiger partial charge on any atom is 0.343 e. The minimum absolute atomic E-state index is 0.0277. The summed E-state index contributed by atoms with van der Waals surface area (Å²) in [7, 11) is 1.50. The molecule has 0 radical (unpaired) electrons. The number of methoxy groups -OCH3 is 1. The van der Waals surface area contributed by atoms with Crippen molar-refractivity contribution in [1.82, 2.24) is 0 Å². The Balaban J connectivity index is 1.60. The molecule has 0 aliphatic carbocycles. The van der Waals surface area contributed by atoms with Crippen LogP contribution in [-0.2, 0) is 0 Å². The maximum absolute atomic E-state index is 12.8. The minimum Gasteiger partial charge on any atom is -0.497 e. The number of nitrogens with zero attached hydrogens (tertiary/aromatic N) is 1. The maximum atomic E-state index is 12.8. The number of carbonyl (C=O) groups is 2. The lowest BCUT2D eigenvalue weighted by Gasteiger charge is -2.08. The third kappa shape index (κ3) is 4.06. The second kappa shape index (κ2) is 8.35. The highest BCUT2D eigenvalue weighted by Gasteiger charge is 2.30. The molecule has 8 heteroatoms. The lowest BCUT2D eigenvalue weighted by molar-refractivity contribution is -0.384. The third-order valence-electron chi connectivity index (χ3n) is 4.84. The number of non-ortho nitro benzene ring substituents is 1. The fourth-order valence-electron chi connectivity index (χ4n) is 3.33. The molecule has 0 N–H and O–H groups in total. The Hall–Kier alpha value is -4.46. The molecule has 0 bridgehead atoms. The third-order valence-corrected chi connectivity index (χ3v) is 4.84. The van der Waals surface area contributed by atoms with Crippen LogP contribution in [0.2, 0.25) is 0 Å². The predicted molar refractivity (Wildman–Crippen MR) is 115 cm³/mol. The molecule has 0 atom stereocenters. The Morgan fingerprint density at radius 3 is 2.59 bits per heavy atom. The highest BCUT2D eigenvalue weighted by atomic mass is 16.6. The molecule has 3 aromatic rings. The van der Waals surface area contributed by atoms with Crippen LogP contribution in [0.1, 0.15) is 31.8 Å². The molecule has 0 aromatic heterocycles. The van der Waals surface area contributed by atoms with Crippen LogP contribution in [0.4, 0.5) is 5.69 Å². The number of benzene rings is 3. The van der Waals surface area contributed by atoms with Gasteiger partial charge in [0, 0.05) is 18.2 Å². The van der Waals surface area contributed by atoms with Gasteiger partial charge in [0.1, 0.15) is 17.2 Å². The van der Waals surface area contributed by atoms with Crippen LogP contribution in [0.5, 0.6) is 17.2 Å². The predicted octanol–water partition coefficient (Wildman–Crippen LogP) is 4.75. The fourth-order valence-corrected chi connectivity index (χ4v) is 3.33. The van der Waals surface area contributed by atoms with Gasteiger partial charge in [-0.25, -0.2) is 4.79 Å². The molecular formula is C24H17NO7. The molecule has 1 aliphatic heterocycles. The second-order valence-electron chi connectivity index (χ2n) is 7.03. The highest BCUT2D eigenvalue weighted by molar-refractivity contribution is 6.15. The highest BCUT2D eigenvalue weighted by Crippen LogP contribution is 2.38. The molecule has 0 saturated heterocycles.